The summed E-state index contributed by atoms with van der Waals surface area (Å²) < 4.78 is 0. The Hall–Kier alpha value is -1.84. The van der Waals surface area contributed by atoms with Gasteiger partial charge in [-0.15, -0.1) is 0 Å². The van der Waals surface area contributed by atoms with Gasteiger partial charge in [0.25, 0.3) is 5.91 Å². The molecule has 20 heavy (non-hydrogen) atoms. The maximum atomic E-state index is 12.5. The highest BCUT2D eigenvalue weighted by atomic mass is 35.5. The van der Waals surface area contributed by atoms with E-state index in [1.54, 1.807) is 31.3 Å². The molecule has 0 bridgehead atoms. The Morgan fingerprint density at radius 2 is 1.80 bits per heavy atom. The number of amides is 1. The number of hydrogen-bond donors (Lipinski definition) is 1. The molecule has 0 saturated carbocycles. The molecule has 0 spiro atoms. The minimum atomic E-state index is -1.64. The molecule has 3 rings (SSSR count). The molecule has 1 atom stereocenters. The summed E-state index contributed by atoms with van der Waals surface area (Å²) in [5, 5.41) is 11.6. The first kappa shape index (κ1) is 13.2. The number of hydrogen-bond acceptors (Lipinski definition) is 2. The minimum Gasteiger partial charge on any atom is -0.372 e. The van der Waals surface area contributed by atoms with Crippen LogP contribution in [0, 0.1) is 6.92 Å². The summed E-state index contributed by atoms with van der Waals surface area (Å²) in [7, 11) is 1.67. The van der Waals surface area contributed by atoms with E-state index >= 15 is 0 Å². The predicted octanol–water partition coefficient (Wildman–Crippen LogP) is 2.86. The van der Waals surface area contributed by atoms with E-state index in [4.69, 9.17) is 11.6 Å². The normalized spacial score (nSPS) is 21.2. The van der Waals surface area contributed by atoms with Gasteiger partial charge < -0.3 is 10.0 Å². The Morgan fingerprint density at radius 1 is 1.15 bits per heavy atom. The van der Waals surface area contributed by atoms with Crippen LogP contribution in [0.4, 0.5) is 5.69 Å². The molecule has 1 heterocycles. The van der Waals surface area contributed by atoms with E-state index in [9.17, 15) is 9.90 Å². The number of benzene rings is 2. The molecule has 0 aliphatic carbocycles. The van der Waals surface area contributed by atoms with Crippen LogP contribution in [-0.2, 0) is 10.4 Å². The SMILES string of the molecule is Cc1ccc2c(c1)[C@@](O)(c1ccc(Cl)cc1)C(=O)N2C. The van der Waals surface area contributed by atoms with Crippen LogP contribution in [0.25, 0.3) is 0 Å². The average molecular weight is 288 g/mol. The molecule has 1 aliphatic heterocycles. The second kappa shape index (κ2) is 4.33. The second-order valence-electron chi connectivity index (χ2n) is 5.10. The maximum absolute atomic E-state index is 12.5. The van der Waals surface area contributed by atoms with Gasteiger partial charge in [-0.2, -0.15) is 0 Å². The van der Waals surface area contributed by atoms with Crippen LogP contribution in [0.2, 0.25) is 5.02 Å². The lowest BCUT2D eigenvalue weighted by atomic mass is 9.87. The van der Waals surface area contributed by atoms with Crippen molar-refractivity contribution in [3.05, 3.63) is 64.2 Å². The first-order valence-corrected chi connectivity index (χ1v) is 6.70. The van der Waals surface area contributed by atoms with Gasteiger partial charge in [0.05, 0.1) is 5.69 Å². The summed E-state index contributed by atoms with van der Waals surface area (Å²) in [6.07, 6.45) is 0. The van der Waals surface area contributed by atoms with E-state index in [1.165, 1.54) is 4.90 Å². The van der Waals surface area contributed by atoms with Gasteiger partial charge in [0.1, 0.15) is 0 Å². The Labute approximate surface area is 122 Å². The number of carbonyl (C=O) groups is 1. The fourth-order valence-electron chi connectivity index (χ4n) is 2.67. The number of carbonyl (C=O) groups excluding carboxylic acids is 1. The van der Waals surface area contributed by atoms with Crippen molar-refractivity contribution in [2.24, 2.45) is 0 Å². The maximum Gasteiger partial charge on any atom is 0.268 e. The van der Waals surface area contributed by atoms with Crippen molar-refractivity contribution in [3.63, 3.8) is 0 Å². The van der Waals surface area contributed by atoms with Crippen LogP contribution >= 0.6 is 11.6 Å². The second-order valence-corrected chi connectivity index (χ2v) is 5.54. The van der Waals surface area contributed by atoms with Crippen molar-refractivity contribution in [3.8, 4) is 0 Å². The van der Waals surface area contributed by atoms with Crippen LogP contribution in [0.15, 0.2) is 42.5 Å². The molecule has 1 amide bonds. The zero-order chi connectivity index (χ0) is 14.5. The van der Waals surface area contributed by atoms with E-state index in [0.29, 0.717) is 16.1 Å². The quantitative estimate of drug-likeness (QED) is 0.876. The molecule has 102 valence electrons. The molecule has 0 fully saturated rings. The summed E-state index contributed by atoms with van der Waals surface area (Å²) in [5.74, 6) is -0.347. The van der Waals surface area contributed by atoms with Crippen LogP contribution in [-0.4, -0.2) is 18.1 Å². The summed E-state index contributed by atoms with van der Waals surface area (Å²) in [6, 6.07) is 12.4. The molecule has 3 nitrogen and oxygen atoms in total. The van der Waals surface area contributed by atoms with Crippen LogP contribution in [0.1, 0.15) is 16.7 Å². The fourth-order valence-corrected chi connectivity index (χ4v) is 2.80. The Morgan fingerprint density at radius 3 is 2.45 bits per heavy atom. The Kier molecular flexibility index (Phi) is 2.85. The van der Waals surface area contributed by atoms with Gasteiger partial charge in [-0.25, -0.2) is 0 Å². The first-order chi connectivity index (χ1) is 9.44. The number of halogens is 1. The molecule has 1 N–H and O–H groups in total. The van der Waals surface area contributed by atoms with Gasteiger partial charge >= 0.3 is 0 Å². The van der Waals surface area contributed by atoms with Gasteiger partial charge in [-0.1, -0.05) is 41.4 Å². The number of anilines is 1. The van der Waals surface area contributed by atoms with Gasteiger partial charge in [-0.05, 0) is 30.7 Å². The number of fused-ring (bicyclic) bond motifs is 1. The van der Waals surface area contributed by atoms with Crippen molar-refractivity contribution >= 4 is 23.2 Å². The highest BCUT2D eigenvalue weighted by Crippen LogP contribution is 2.44. The minimum absolute atomic E-state index is 0.347. The molecule has 4 heteroatoms. The van der Waals surface area contributed by atoms with Crippen molar-refractivity contribution < 1.29 is 9.90 Å². The van der Waals surface area contributed by atoms with Gasteiger partial charge in [0.2, 0.25) is 0 Å². The molecule has 0 saturated heterocycles. The summed E-state index contributed by atoms with van der Waals surface area (Å²) in [5.41, 5.74) is 1.24. The highest BCUT2D eigenvalue weighted by molar-refractivity contribution is 6.30. The van der Waals surface area contributed by atoms with Crippen LogP contribution in [0.5, 0.6) is 0 Å². The van der Waals surface area contributed by atoms with Crippen LogP contribution in [0.3, 0.4) is 0 Å². The topological polar surface area (TPSA) is 40.5 Å². The largest absolute Gasteiger partial charge is 0.372 e. The zero-order valence-electron chi connectivity index (χ0n) is 11.2. The Bertz CT molecular complexity index is 696. The standard InChI is InChI=1S/C16H14ClNO2/c1-10-3-8-14-13(9-10)16(20,15(19)18(14)2)11-4-6-12(17)7-5-11/h3-9,20H,1-2H3/t16-/m0/s1. The van der Waals surface area contributed by atoms with Crippen molar-refractivity contribution in [1.29, 1.82) is 0 Å². The highest BCUT2D eigenvalue weighted by Gasteiger charge is 2.49. The number of nitrogens with zero attached hydrogens (tertiary/aromatic N) is 1. The molecule has 0 aromatic heterocycles. The molecule has 0 radical (unpaired) electrons. The number of aliphatic hydroxyl groups is 1. The summed E-state index contributed by atoms with van der Waals surface area (Å²) in [4.78, 5) is 14.0. The lowest BCUT2D eigenvalue weighted by molar-refractivity contribution is -0.131. The lowest BCUT2D eigenvalue weighted by Crippen LogP contribution is -2.39. The van der Waals surface area contributed by atoms with E-state index in [1.807, 2.05) is 25.1 Å². The van der Waals surface area contributed by atoms with Gasteiger partial charge in [0.15, 0.2) is 5.60 Å². The predicted molar refractivity (Wildman–Crippen MR) is 79.0 cm³/mol. The molecule has 2 aromatic rings. The third kappa shape index (κ3) is 1.67. The zero-order valence-corrected chi connectivity index (χ0v) is 12.0. The lowest BCUT2D eigenvalue weighted by Gasteiger charge is -2.22. The van der Waals surface area contributed by atoms with E-state index in [2.05, 4.69) is 0 Å². The monoisotopic (exact) mass is 287 g/mol. The number of aryl methyl sites for hydroxylation is 1. The Balaban J connectivity index is 2.25. The van der Waals surface area contributed by atoms with Crippen molar-refractivity contribution in [1.82, 2.24) is 0 Å². The third-order valence-electron chi connectivity index (χ3n) is 3.78. The molecule has 2 aromatic carbocycles. The first-order valence-electron chi connectivity index (χ1n) is 6.32. The molecule has 0 unspecified atom stereocenters. The smallest absolute Gasteiger partial charge is 0.268 e. The van der Waals surface area contributed by atoms with E-state index in [0.717, 1.165) is 11.3 Å². The number of rotatable bonds is 1. The summed E-state index contributed by atoms with van der Waals surface area (Å²) >= 11 is 5.88. The molecular weight excluding hydrogens is 274 g/mol. The van der Waals surface area contributed by atoms with Crippen molar-refractivity contribution in [2.45, 2.75) is 12.5 Å². The fraction of sp³-hybridized carbons (Fsp3) is 0.188. The van der Waals surface area contributed by atoms with E-state index < -0.39 is 5.60 Å². The summed E-state index contributed by atoms with van der Waals surface area (Å²) in [6.45, 7) is 1.94. The van der Waals surface area contributed by atoms with Gasteiger partial charge in [0, 0.05) is 17.6 Å². The third-order valence-corrected chi connectivity index (χ3v) is 4.03. The average Bonchev–Trinajstić information content (AvgIpc) is 2.62. The van der Waals surface area contributed by atoms with E-state index in [-0.39, 0.29) is 5.91 Å². The molecular formula is C16H14ClNO2. The number of likely N-dealkylation sites (N-methyl/N-ethyl adjacent to an activating group) is 1. The van der Waals surface area contributed by atoms with Crippen molar-refractivity contribution in [2.75, 3.05) is 11.9 Å². The van der Waals surface area contributed by atoms with Gasteiger partial charge in [-0.3, -0.25) is 4.79 Å². The molecule has 1 aliphatic rings. The van der Waals surface area contributed by atoms with Crippen LogP contribution < -0.4 is 4.90 Å².